The number of morpholine rings is 1. The van der Waals surface area contributed by atoms with Crippen molar-refractivity contribution in [2.75, 3.05) is 44.3 Å². The smallest absolute Gasteiger partial charge is 0.345 e. The average molecular weight is 317 g/mol. The summed E-state index contributed by atoms with van der Waals surface area (Å²) >= 11 is 0. The number of rotatable bonds is 5. The molecule has 1 aliphatic rings. The van der Waals surface area contributed by atoms with Gasteiger partial charge in [0.15, 0.2) is 0 Å². The predicted molar refractivity (Wildman–Crippen MR) is 91.3 cm³/mol. The van der Waals surface area contributed by atoms with Crippen LogP contribution >= 0.6 is 0 Å². The van der Waals surface area contributed by atoms with Crippen LogP contribution in [0.4, 0.5) is 5.69 Å². The number of hydrogen-bond donors (Lipinski definition) is 1. The number of quaternary nitrogens is 1. The van der Waals surface area contributed by atoms with E-state index in [0.29, 0.717) is 12.1 Å². The van der Waals surface area contributed by atoms with Crippen molar-refractivity contribution in [3.63, 3.8) is 0 Å². The van der Waals surface area contributed by atoms with E-state index < -0.39 is 0 Å². The van der Waals surface area contributed by atoms with Gasteiger partial charge in [-0.25, -0.2) is 4.79 Å². The lowest BCUT2D eigenvalue weighted by Crippen LogP contribution is -3.13. The molecule has 0 saturated carbocycles. The van der Waals surface area contributed by atoms with Gasteiger partial charge in [0.25, 0.3) is 0 Å². The topological polar surface area (TPSA) is 47.1 Å². The first-order valence-corrected chi connectivity index (χ1v) is 8.44. The lowest BCUT2D eigenvalue weighted by atomic mass is 10.1. The fourth-order valence-electron chi connectivity index (χ4n) is 3.16. The summed E-state index contributed by atoms with van der Waals surface area (Å²) in [5, 5.41) is 0.989. The Balaban J connectivity index is 1.89. The lowest BCUT2D eigenvalue weighted by Gasteiger charge is -2.23. The number of hydrogen-bond acceptors (Lipinski definition) is 4. The molecule has 3 rings (SSSR count). The molecule has 1 aliphatic heterocycles. The number of nitrogens with zero attached hydrogens (tertiary/aromatic N) is 1. The molecule has 1 aromatic carbocycles. The van der Waals surface area contributed by atoms with Crippen LogP contribution in [0.5, 0.6) is 0 Å². The number of benzene rings is 1. The first kappa shape index (κ1) is 16.0. The predicted octanol–water partition coefficient (Wildman–Crippen LogP) is 1.05. The van der Waals surface area contributed by atoms with Crippen molar-refractivity contribution < 1.29 is 14.1 Å². The van der Waals surface area contributed by atoms with Crippen LogP contribution in [0.3, 0.4) is 0 Å². The quantitative estimate of drug-likeness (QED) is 0.838. The molecule has 0 unspecified atom stereocenters. The van der Waals surface area contributed by atoms with E-state index in [-0.39, 0.29) is 5.63 Å². The summed E-state index contributed by atoms with van der Waals surface area (Å²) in [6.45, 7) is 10.2. The van der Waals surface area contributed by atoms with Crippen molar-refractivity contribution in [3.05, 3.63) is 40.2 Å². The average Bonchev–Trinajstić information content (AvgIpc) is 2.58. The maximum Gasteiger partial charge on any atom is 0.345 e. The lowest BCUT2D eigenvalue weighted by molar-refractivity contribution is -0.921. The molecule has 0 spiro atoms. The maximum atomic E-state index is 12.3. The zero-order valence-corrected chi connectivity index (χ0v) is 13.9. The van der Waals surface area contributed by atoms with Gasteiger partial charge in [0.05, 0.1) is 18.8 Å². The third-order valence-corrected chi connectivity index (χ3v) is 4.56. The minimum Gasteiger partial charge on any atom is -0.422 e. The number of nitrogens with one attached hydrogen (secondary N) is 1. The van der Waals surface area contributed by atoms with Gasteiger partial charge in [-0.3, -0.25) is 0 Å². The van der Waals surface area contributed by atoms with Gasteiger partial charge >= 0.3 is 5.63 Å². The van der Waals surface area contributed by atoms with Gasteiger partial charge in [-0.15, -0.1) is 0 Å². The van der Waals surface area contributed by atoms with Crippen molar-refractivity contribution in [2.24, 2.45) is 0 Å². The van der Waals surface area contributed by atoms with E-state index in [1.165, 1.54) is 4.90 Å². The highest BCUT2D eigenvalue weighted by Crippen LogP contribution is 2.21. The number of ether oxygens (including phenoxy) is 1. The summed E-state index contributed by atoms with van der Waals surface area (Å²) in [4.78, 5) is 15.9. The van der Waals surface area contributed by atoms with E-state index >= 15 is 0 Å². The Kier molecular flexibility index (Phi) is 4.98. The monoisotopic (exact) mass is 317 g/mol. The SMILES string of the molecule is CCN(CC)c1ccc2cc(C[NH+]3CCOCC3)c(=O)oc2c1. The van der Waals surface area contributed by atoms with E-state index in [1.54, 1.807) is 0 Å². The van der Waals surface area contributed by atoms with Crippen molar-refractivity contribution in [2.45, 2.75) is 20.4 Å². The second-order valence-corrected chi connectivity index (χ2v) is 5.99. The summed E-state index contributed by atoms with van der Waals surface area (Å²) in [7, 11) is 0. The Hall–Kier alpha value is -1.85. The summed E-state index contributed by atoms with van der Waals surface area (Å²) in [6.07, 6.45) is 0. The number of anilines is 1. The molecular formula is C18H25N2O3+. The molecule has 0 bridgehead atoms. The van der Waals surface area contributed by atoms with Gasteiger partial charge in [0.2, 0.25) is 0 Å². The van der Waals surface area contributed by atoms with E-state index in [9.17, 15) is 4.79 Å². The third-order valence-electron chi connectivity index (χ3n) is 4.56. The highest BCUT2D eigenvalue weighted by Gasteiger charge is 2.17. The van der Waals surface area contributed by atoms with Crippen LogP contribution in [0.15, 0.2) is 33.5 Å². The Morgan fingerprint density at radius 2 is 1.87 bits per heavy atom. The molecule has 0 aliphatic carbocycles. The van der Waals surface area contributed by atoms with Crippen LogP contribution < -0.4 is 15.4 Å². The van der Waals surface area contributed by atoms with Crippen LogP contribution in [0.1, 0.15) is 19.4 Å². The zero-order valence-electron chi connectivity index (χ0n) is 13.9. The minimum absolute atomic E-state index is 0.215. The fourth-order valence-corrected chi connectivity index (χ4v) is 3.16. The molecule has 2 aromatic rings. The molecule has 0 radical (unpaired) electrons. The molecule has 5 heteroatoms. The molecule has 1 fully saturated rings. The number of fused-ring (bicyclic) bond motifs is 1. The Bertz CT molecular complexity index is 716. The van der Waals surface area contributed by atoms with Crippen LogP contribution in [0.25, 0.3) is 11.0 Å². The van der Waals surface area contributed by atoms with E-state index in [2.05, 4.69) is 24.8 Å². The Morgan fingerprint density at radius 3 is 2.57 bits per heavy atom. The highest BCUT2D eigenvalue weighted by molar-refractivity contribution is 5.81. The standard InChI is InChI=1S/C18H24N2O3/c1-3-20(4-2)16-6-5-14-11-15(18(21)23-17(14)12-16)13-19-7-9-22-10-8-19/h5-6,11-12H,3-4,7-10,13H2,1-2H3/p+1. The Labute approximate surface area is 136 Å². The minimum atomic E-state index is -0.215. The summed E-state index contributed by atoms with van der Waals surface area (Å²) in [5.74, 6) is 0. The maximum absolute atomic E-state index is 12.3. The van der Waals surface area contributed by atoms with E-state index in [0.717, 1.165) is 56.0 Å². The van der Waals surface area contributed by atoms with Crippen molar-refractivity contribution in [3.8, 4) is 0 Å². The van der Waals surface area contributed by atoms with E-state index in [1.807, 2.05) is 18.2 Å². The highest BCUT2D eigenvalue weighted by atomic mass is 16.5. The zero-order chi connectivity index (χ0) is 16.2. The second kappa shape index (κ2) is 7.15. The first-order valence-electron chi connectivity index (χ1n) is 8.44. The molecule has 1 aromatic heterocycles. The van der Waals surface area contributed by atoms with Crippen LogP contribution in [-0.2, 0) is 11.3 Å². The molecular weight excluding hydrogens is 292 g/mol. The van der Waals surface area contributed by atoms with Crippen LogP contribution in [0.2, 0.25) is 0 Å². The van der Waals surface area contributed by atoms with Crippen molar-refractivity contribution in [1.82, 2.24) is 0 Å². The van der Waals surface area contributed by atoms with Gasteiger partial charge in [-0.2, -0.15) is 0 Å². The summed E-state index contributed by atoms with van der Waals surface area (Å²) in [5.41, 5.74) is 2.30. The van der Waals surface area contributed by atoms with Gasteiger partial charge in [-0.1, -0.05) is 0 Å². The molecule has 2 heterocycles. The molecule has 0 atom stereocenters. The molecule has 5 nitrogen and oxygen atoms in total. The van der Waals surface area contributed by atoms with Gasteiger partial charge < -0.3 is 19.0 Å². The molecule has 124 valence electrons. The van der Waals surface area contributed by atoms with Crippen molar-refractivity contribution in [1.29, 1.82) is 0 Å². The molecule has 23 heavy (non-hydrogen) atoms. The third kappa shape index (κ3) is 3.57. The fraction of sp³-hybridized carbons (Fsp3) is 0.500. The molecule has 1 saturated heterocycles. The Morgan fingerprint density at radius 1 is 1.13 bits per heavy atom. The van der Waals surface area contributed by atoms with Crippen LogP contribution in [0, 0.1) is 0 Å². The van der Waals surface area contributed by atoms with Gasteiger partial charge in [0.1, 0.15) is 25.2 Å². The normalized spacial score (nSPS) is 15.9. The first-order chi connectivity index (χ1) is 11.2. The second-order valence-electron chi connectivity index (χ2n) is 5.99. The molecule has 1 N–H and O–H groups in total. The largest absolute Gasteiger partial charge is 0.422 e. The van der Waals surface area contributed by atoms with Crippen molar-refractivity contribution >= 4 is 16.7 Å². The van der Waals surface area contributed by atoms with Gasteiger partial charge in [0, 0.05) is 30.2 Å². The summed E-state index contributed by atoms with van der Waals surface area (Å²) in [6, 6.07) is 8.09. The van der Waals surface area contributed by atoms with Gasteiger partial charge in [-0.05, 0) is 32.0 Å². The molecule has 0 amide bonds. The van der Waals surface area contributed by atoms with Crippen LogP contribution in [-0.4, -0.2) is 39.4 Å². The van der Waals surface area contributed by atoms with E-state index in [4.69, 9.17) is 9.15 Å². The summed E-state index contributed by atoms with van der Waals surface area (Å²) < 4.78 is 11.0.